The first kappa shape index (κ1) is 24.8. The molecule has 202 valence electrons. The molecule has 1 aliphatic heterocycles. The second kappa shape index (κ2) is 10.4. The molecular formula is C31H23N5O4S. The number of hydrogen-bond acceptors (Lipinski definition) is 8. The number of thiazole rings is 1. The van der Waals surface area contributed by atoms with E-state index < -0.39 is 6.10 Å². The quantitative estimate of drug-likeness (QED) is 0.263. The minimum absolute atomic E-state index is 0.257. The van der Waals surface area contributed by atoms with Crippen molar-refractivity contribution in [3.63, 3.8) is 0 Å². The fourth-order valence-corrected chi connectivity index (χ4v) is 5.47. The molecule has 0 spiro atoms. The highest BCUT2D eigenvalue weighted by atomic mass is 32.1. The number of nitrogens with zero attached hydrogens (tertiary/aromatic N) is 5. The van der Waals surface area contributed by atoms with Crippen LogP contribution in [0.5, 0.6) is 17.2 Å². The summed E-state index contributed by atoms with van der Waals surface area (Å²) in [5.74, 6) is 2.45. The molecule has 1 atom stereocenters. The minimum atomic E-state index is -0.502. The van der Waals surface area contributed by atoms with Crippen molar-refractivity contribution < 1.29 is 14.2 Å². The Morgan fingerprint density at radius 3 is 2.56 bits per heavy atom. The first-order valence-corrected chi connectivity index (χ1v) is 13.8. The molecule has 3 aromatic heterocycles. The lowest BCUT2D eigenvalue weighted by Crippen LogP contribution is -2.26. The van der Waals surface area contributed by atoms with E-state index in [1.165, 1.54) is 15.9 Å². The molecule has 0 saturated heterocycles. The van der Waals surface area contributed by atoms with Gasteiger partial charge >= 0.3 is 0 Å². The Morgan fingerprint density at radius 1 is 1.00 bits per heavy atom. The van der Waals surface area contributed by atoms with Crippen LogP contribution in [0.4, 0.5) is 0 Å². The van der Waals surface area contributed by atoms with Gasteiger partial charge in [0, 0.05) is 17.3 Å². The van der Waals surface area contributed by atoms with E-state index in [1.54, 1.807) is 10.8 Å². The maximum absolute atomic E-state index is 13.4. The second-order valence-corrected chi connectivity index (χ2v) is 10.3. The first-order chi connectivity index (χ1) is 20.2. The van der Waals surface area contributed by atoms with Crippen LogP contribution in [0.3, 0.4) is 0 Å². The summed E-state index contributed by atoms with van der Waals surface area (Å²) in [6.07, 6.45) is 4.95. The van der Waals surface area contributed by atoms with E-state index in [4.69, 9.17) is 19.3 Å². The van der Waals surface area contributed by atoms with Crippen LogP contribution in [0.2, 0.25) is 0 Å². The maximum atomic E-state index is 13.4. The van der Waals surface area contributed by atoms with Crippen molar-refractivity contribution in [3.8, 4) is 34.2 Å². The van der Waals surface area contributed by atoms with E-state index in [2.05, 4.69) is 16.7 Å². The average molecular weight is 562 g/mol. The zero-order chi connectivity index (χ0) is 27.8. The lowest BCUT2D eigenvalue weighted by Gasteiger charge is -2.24. The molecule has 0 saturated carbocycles. The highest BCUT2D eigenvalue weighted by Crippen LogP contribution is 2.35. The van der Waals surface area contributed by atoms with E-state index in [0.29, 0.717) is 33.4 Å². The molecule has 4 heterocycles. The van der Waals surface area contributed by atoms with Crippen LogP contribution in [-0.2, 0) is 0 Å². The van der Waals surface area contributed by atoms with Crippen molar-refractivity contribution >= 4 is 22.4 Å². The van der Waals surface area contributed by atoms with Crippen molar-refractivity contribution in [2.24, 2.45) is 0 Å². The van der Waals surface area contributed by atoms with E-state index in [9.17, 15) is 4.79 Å². The van der Waals surface area contributed by atoms with E-state index in [-0.39, 0.29) is 12.2 Å². The first-order valence-electron chi connectivity index (χ1n) is 13.0. The highest BCUT2D eigenvalue weighted by molar-refractivity contribution is 7.15. The zero-order valence-corrected chi connectivity index (χ0v) is 22.5. The van der Waals surface area contributed by atoms with Crippen LogP contribution in [0.1, 0.15) is 17.5 Å². The standard InChI is InChI=1S/C31H23N5O4S/c1-2-16-38-23-14-12-20(13-15-23)28-21(18-35(33-28)22-8-4-3-5-9-22)17-27-30(37)36-31(41-27)32-29(34-36)26-19-39-24-10-6-7-11-25(24)40-26/h2-15,17-18,26H,1,16,19H2/b27-17-. The van der Waals surface area contributed by atoms with Gasteiger partial charge in [-0.15, -0.1) is 5.10 Å². The predicted octanol–water partition coefficient (Wildman–Crippen LogP) is 4.63. The molecular weight excluding hydrogens is 538 g/mol. The lowest BCUT2D eigenvalue weighted by molar-refractivity contribution is 0.0852. The summed E-state index contributed by atoms with van der Waals surface area (Å²) < 4.78 is 21.1. The number of hydrogen-bond donors (Lipinski definition) is 0. The number of fused-ring (bicyclic) bond motifs is 2. The Bertz CT molecular complexity index is 1980. The molecule has 0 bridgehead atoms. The van der Waals surface area contributed by atoms with Gasteiger partial charge in [-0.25, -0.2) is 4.68 Å². The Balaban J connectivity index is 1.26. The highest BCUT2D eigenvalue weighted by Gasteiger charge is 2.27. The van der Waals surface area contributed by atoms with Gasteiger partial charge < -0.3 is 14.2 Å². The SMILES string of the molecule is C=CCOc1ccc(-c2nn(-c3ccccc3)cc2/C=c2\sc3nc(C4COc5ccccc5O4)nn3c2=O)cc1. The Kier molecular flexibility index (Phi) is 6.29. The number of rotatable bonds is 7. The van der Waals surface area contributed by atoms with Crippen LogP contribution >= 0.6 is 11.3 Å². The van der Waals surface area contributed by atoms with Crippen molar-refractivity contribution in [1.29, 1.82) is 0 Å². The van der Waals surface area contributed by atoms with E-state index >= 15 is 0 Å². The van der Waals surface area contributed by atoms with Gasteiger partial charge in [-0.2, -0.15) is 14.6 Å². The molecule has 41 heavy (non-hydrogen) atoms. The largest absolute Gasteiger partial charge is 0.490 e. The van der Waals surface area contributed by atoms with Crippen LogP contribution in [0, 0.1) is 0 Å². The van der Waals surface area contributed by atoms with Crippen LogP contribution in [0.15, 0.2) is 103 Å². The van der Waals surface area contributed by atoms with Gasteiger partial charge in [0.25, 0.3) is 5.56 Å². The molecule has 0 N–H and O–H groups in total. The molecule has 6 aromatic rings. The molecule has 10 heteroatoms. The van der Waals surface area contributed by atoms with Gasteiger partial charge in [0.1, 0.15) is 24.7 Å². The molecule has 3 aromatic carbocycles. The molecule has 1 aliphatic rings. The summed E-state index contributed by atoms with van der Waals surface area (Å²) in [6, 6.07) is 25.0. The van der Waals surface area contributed by atoms with Gasteiger partial charge in [0.15, 0.2) is 23.4 Å². The monoisotopic (exact) mass is 561 g/mol. The maximum Gasteiger partial charge on any atom is 0.291 e. The molecule has 0 fully saturated rings. The lowest BCUT2D eigenvalue weighted by atomic mass is 10.1. The number of aromatic nitrogens is 5. The molecule has 9 nitrogen and oxygen atoms in total. The number of ether oxygens (including phenoxy) is 3. The van der Waals surface area contributed by atoms with Crippen molar-refractivity contribution in [1.82, 2.24) is 24.4 Å². The van der Waals surface area contributed by atoms with E-state index in [1.807, 2.05) is 91.1 Å². The fourth-order valence-electron chi connectivity index (χ4n) is 4.57. The van der Waals surface area contributed by atoms with Crippen molar-refractivity contribution in [2.45, 2.75) is 6.10 Å². The Labute approximate surface area is 238 Å². The Hall–Kier alpha value is -5.22. The van der Waals surface area contributed by atoms with Crippen LogP contribution in [-0.4, -0.2) is 37.6 Å². The summed E-state index contributed by atoms with van der Waals surface area (Å²) in [4.78, 5) is 18.5. The summed E-state index contributed by atoms with van der Waals surface area (Å²) in [5, 5.41) is 9.34. The van der Waals surface area contributed by atoms with Crippen LogP contribution < -0.4 is 24.3 Å². The molecule has 7 rings (SSSR count). The smallest absolute Gasteiger partial charge is 0.291 e. The summed E-state index contributed by atoms with van der Waals surface area (Å²) in [7, 11) is 0. The second-order valence-electron chi connectivity index (χ2n) is 9.28. The molecule has 0 amide bonds. The molecule has 0 radical (unpaired) electrons. The third kappa shape index (κ3) is 4.74. The average Bonchev–Trinajstić information content (AvgIpc) is 3.71. The Morgan fingerprint density at radius 2 is 1.78 bits per heavy atom. The van der Waals surface area contributed by atoms with Crippen molar-refractivity contribution in [2.75, 3.05) is 13.2 Å². The van der Waals surface area contributed by atoms with Gasteiger partial charge in [-0.3, -0.25) is 4.79 Å². The molecule has 1 unspecified atom stereocenters. The predicted molar refractivity (Wildman–Crippen MR) is 156 cm³/mol. The van der Waals surface area contributed by atoms with Gasteiger partial charge in [-0.05, 0) is 54.6 Å². The normalized spacial score (nSPS) is 14.8. The summed E-state index contributed by atoms with van der Waals surface area (Å²) in [6.45, 7) is 4.38. The van der Waals surface area contributed by atoms with Gasteiger partial charge in [0.05, 0.1) is 10.2 Å². The van der Waals surface area contributed by atoms with Gasteiger partial charge in [-0.1, -0.05) is 54.3 Å². The zero-order valence-electron chi connectivity index (χ0n) is 21.7. The van der Waals surface area contributed by atoms with Gasteiger partial charge in [0.2, 0.25) is 4.96 Å². The third-order valence-electron chi connectivity index (χ3n) is 6.54. The summed E-state index contributed by atoms with van der Waals surface area (Å²) >= 11 is 1.27. The minimum Gasteiger partial charge on any atom is -0.490 e. The van der Waals surface area contributed by atoms with E-state index in [0.717, 1.165) is 28.3 Å². The summed E-state index contributed by atoms with van der Waals surface area (Å²) in [5.41, 5.74) is 3.06. The van der Waals surface area contributed by atoms with Crippen LogP contribution in [0.25, 0.3) is 28.0 Å². The number of benzene rings is 3. The topological polar surface area (TPSA) is 92.8 Å². The molecule has 0 aliphatic carbocycles. The number of para-hydroxylation sites is 3. The third-order valence-corrected chi connectivity index (χ3v) is 7.50. The fraction of sp³-hybridized carbons (Fsp3) is 0.0968. The van der Waals surface area contributed by atoms with Crippen molar-refractivity contribution in [3.05, 3.63) is 124 Å².